The van der Waals surface area contributed by atoms with Crippen LogP contribution in [0.1, 0.15) is 0 Å². The molecule has 0 aliphatic heterocycles. The van der Waals surface area contributed by atoms with Gasteiger partial charge in [-0.3, -0.25) is 0 Å². The highest BCUT2D eigenvalue weighted by Crippen LogP contribution is 2.14. The van der Waals surface area contributed by atoms with Crippen molar-refractivity contribution in [2.75, 3.05) is 17.3 Å². The summed E-state index contributed by atoms with van der Waals surface area (Å²) in [6.07, 6.45) is 3.89. The molecule has 0 aliphatic rings. The predicted octanol–water partition coefficient (Wildman–Crippen LogP) is 1.35. The van der Waals surface area contributed by atoms with Gasteiger partial charge in [-0.2, -0.15) is 0 Å². The van der Waals surface area contributed by atoms with Crippen molar-refractivity contribution >= 4 is 29.5 Å². The van der Waals surface area contributed by atoms with Crippen molar-refractivity contribution in [1.29, 1.82) is 0 Å². The van der Waals surface area contributed by atoms with Gasteiger partial charge in [0.1, 0.15) is 0 Å². The van der Waals surface area contributed by atoms with Crippen molar-refractivity contribution in [1.82, 2.24) is 0 Å². The van der Waals surface area contributed by atoms with Crippen LogP contribution in [0.15, 0.2) is 36.8 Å². The molecule has 0 heterocycles. The molecule has 0 saturated heterocycles. The van der Waals surface area contributed by atoms with Gasteiger partial charge < -0.3 is 0 Å². The molecule has 0 spiro atoms. The Morgan fingerprint density at radius 3 is 2.00 bits per heavy atom. The summed E-state index contributed by atoms with van der Waals surface area (Å²) in [5.41, 5.74) is 0. The predicted molar refractivity (Wildman–Crippen MR) is 69.6 cm³/mol. The molecule has 4 nitrogen and oxygen atoms in total. The average molecular weight is 282 g/mol. The van der Waals surface area contributed by atoms with Crippen LogP contribution in [-0.2, 0) is 18.7 Å². The molecule has 0 aliphatic carbocycles. The second kappa shape index (κ2) is 6.93. The van der Waals surface area contributed by atoms with Gasteiger partial charge in [0.2, 0.25) is 8.87 Å². The zero-order chi connectivity index (χ0) is 12.7. The minimum absolute atomic E-state index is 0.110. The molecule has 0 fully saturated rings. The first-order chi connectivity index (χ1) is 7.33. The maximum absolute atomic E-state index is 11.2. The Kier molecular flexibility index (Phi) is 6.70. The minimum atomic E-state index is -3.26. The van der Waals surface area contributed by atoms with Crippen molar-refractivity contribution in [2.45, 2.75) is 0 Å². The Bertz CT molecular complexity index is 413. The Labute approximate surface area is 100 Å². The summed E-state index contributed by atoms with van der Waals surface area (Å²) in [6, 6.07) is 0. The molecular weight excluding hydrogens is 268 g/mol. The van der Waals surface area contributed by atoms with Gasteiger partial charge in [0.05, 0.1) is 17.3 Å². The van der Waals surface area contributed by atoms with E-state index < -0.39 is 18.7 Å². The van der Waals surface area contributed by atoms with Gasteiger partial charge in [0, 0.05) is 0 Å². The van der Waals surface area contributed by atoms with E-state index in [4.69, 9.17) is 0 Å². The van der Waals surface area contributed by atoms with Crippen LogP contribution in [0.5, 0.6) is 0 Å². The van der Waals surface area contributed by atoms with E-state index in [1.807, 2.05) is 0 Å². The lowest BCUT2D eigenvalue weighted by molar-refractivity contribution is 0.601. The lowest BCUT2D eigenvalue weighted by Crippen LogP contribution is -2.06. The van der Waals surface area contributed by atoms with Crippen LogP contribution < -0.4 is 0 Å². The van der Waals surface area contributed by atoms with E-state index in [1.165, 1.54) is 23.6 Å². The van der Waals surface area contributed by atoms with Gasteiger partial charge in [-0.05, 0) is 16.2 Å². The summed E-state index contributed by atoms with van der Waals surface area (Å²) < 4.78 is 44.7. The molecule has 0 unspecified atom stereocenters. The molecule has 16 heavy (non-hydrogen) atoms. The van der Waals surface area contributed by atoms with E-state index >= 15 is 0 Å². The second-order valence-electron chi connectivity index (χ2n) is 2.85. The van der Waals surface area contributed by atoms with Crippen LogP contribution in [0, 0.1) is 0 Å². The number of rotatable bonds is 8. The van der Waals surface area contributed by atoms with Crippen LogP contribution in [-0.4, -0.2) is 34.1 Å². The van der Waals surface area contributed by atoms with Crippen molar-refractivity contribution < 1.29 is 16.8 Å². The Balaban J connectivity index is 4.24. The summed E-state index contributed by atoms with van der Waals surface area (Å²) in [5, 5.41) is 1.26. The fourth-order valence-corrected chi connectivity index (χ4v) is 3.73. The van der Waals surface area contributed by atoms with E-state index in [1.54, 1.807) is 0 Å². The van der Waals surface area contributed by atoms with E-state index in [0.717, 1.165) is 0 Å². The third-order valence-electron chi connectivity index (χ3n) is 1.34. The Hall–Kier alpha value is -0.530. The fourth-order valence-electron chi connectivity index (χ4n) is 0.741. The molecule has 0 radical (unpaired) electrons. The fraction of sp³-hybridized carbons (Fsp3) is 0.333. The van der Waals surface area contributed by atoms with Crippen LogP contribution in [0.25, 0.3) is 0 Å². The third kappa shape index (κ3) is 7.72. The highest BCUT2D eigenvalue weighted by Gasteiger charge is 2.07. The van der Waals surface area contributed by atoms with Crippen LogP contribution in [0.3, 0.4) is 0 Å². The molecule has 0 aromatic rings. The SMILES string of the molecule is C=CCS(=O)(=O)C/C=C/SS(=O)(=O)CC=C. The van der Waals surface area contributed by atoms with Gasteiger partial charge in [0.15, 0.2) is 9.84 Å². The topological polar surface area (TPSA) is 68.3 Å². The van der Waals surface area contributed by atoms with Crippen LogP contribution >= 0.6 is 10.8 Å². The van der Waals surface area contributed by atoms with Crippen molar-refractivity contribution in [3.05, 3.63) is 36.8 Å². The first kappa shape index (κ1) is 15.5. The number of hydrogen-bond donors (Lipinski definition) is 0. The van der Waals surface area contributed by atoms with Gasteiger partial charge >= 0.3 is 0 Å². The van der Waals surface area contributed by atoms with E-state index in [0.29, 0.717) is 10.8 Å². The molecule has 0 N–H and O–H groups in total. The van der Waals surface area contributed by atoms with E-state index in [-0.39, 0.29) is 17.3 Å². The van der Waals surface area contributed by atoms with Gasteiger partial charge in [-0.1, -0.05) is 18.2 Å². The maximum atomic E-state index is 11.2. The van der Waals surface area contributed by atoms with Gasteiger partial charge in [0.25, 0.3) is 0 Å². The Morgan fingerprint density at radius 1 is 0.938 bits per heavy atom. The average Bonchev–Trinajstić information content (AvgIpc) is 2.12. The van der Waals surface area contributed by atoms with Gasteiger partial charge in [-0.15, -0.1) is 13.2 Å². The molecule has 0 saturated carbocycles. The summed E-state index contributed by atoms with van der Waals surface area (Å²) >= 11 is 0. The zero-order valence-electron chi connectivity index (χ0n) is 8.70. The highest BCUT2D eigenvalue weighted by molar-refractivity contribution is 8.73. The molecule has 0 rings (SSSR count). The van der Waals surface area contributed by atoms with Crippen molar-refractivity contribution in [3.8, 4) is 0 Å². The second-order valence-corrected chi connectivity index (χ2v) is 9.01. The number of hydrogen-bond acceptors (Lipinski definition) is 5. The molecule has 0 atom stereocenters. The molecule has 0 bridgehead atoms. The monoisotopic (exact) mass is 282 g/mol. The van der Waals surface area contributed by atoms with Crippen LogP contribution in [0.2, 0.25) is 0 Å². The molecule has 0 aromatic heterocycles. The lowest BCUT2D eigenvalue weighted by Gasteiger charge is -1.96. The largest absolute Gasteiger partial charge is 0.228 e. The van der Waals surface area contributed by atoms with Gasteiger partial charge in [-0.25, -0.2) is 16.8 Å². The zero-order valence-corrected chi connectivity index (χ0v) is 11.2. The third-order valence-corrected chi connectivity index (χ3v) is 5.65. The van der Waals surface area contributed by atoms with E-state index in [2.05, 4.69) is 13.2 Å². The quantitative estimate of drug-likeness (QED) is 0.496. The smallest absolute Gasteiger partial charge is 0.209 e. The van der Waals surface area contributed by atoms with Crippen molar-refractivity contribution in [3.63, 3.8) is 0 Å². The normalized spacial score (nSPS) is 12.8. The first-order valence-electron chi connectivity index (χ1n) is 4.31. The maximum Gasteiger partial charge on any atom is 0.209 e. The summed E-state index contributed by atoms with van der Waals surface area (Å²) in [4.78, 5) is 0. The minimum Gasteiger partial charge on any atom is -0.228 e. The van der Waals surface area contributed by atoms with Crippen LogP contribution in [0.4, 0.5) is 0 Å². The standard InChI is InChI=1S/C9H14O4S3/c1-3-7-15(10,11)9-5-6-14-16(12,13)8-4-2/h3-6H,1-2,7-9H2/b6-5+. The first-order valence-corrected chi connectivity index (χ1v) is 9.18. The molecule has 7 heteroatoms. The summed E-state index contributed by atoms with van der Waals surface area (Å²) in [6.45, 7) is 6.64. The molecule has 0 amide bonds. The summed E-state index contributed by atoms with van der Waals surface area (Å²) in [7, 11) is -5.87. The molecule has 92 valence electrons. The molecule has 0 aromatic carbocycles. The highest BCUT2D eigenvalue weighted by atomic mass is 33.1. The lowest BCUT2D eigenvalue weighted by atomic mass is 10.7. The molecular formula is C9H14O4S3. The Morgan fingerprint density at radius 2 is 1.50 bits per heavy atom. The van der Waals surface area contributed by atoms with Crippen molar-refractivity contribution in [2.24, 2.45) is 0 Å². The summed E-state index contributed by atoms with van der Waals surface area (Å²) in [5.74, 6) is -0.432. The number of sulfone groups is 1. The van der Waals surface area contributed by atoms with E-state index in [9.17, 15) is 16.8 Å².